The molecular formula is C15H23NO3. The molecule has 1 fully saturated rings. The molecule has 1 aliphatic carbocycles. The van der Waals surface area contributed by atoms with E-state index in [0.29, 0.717) is 11.8 Å². The smallest absolute Gasteiger partial charge is 0.374 e. The highest BCUT2D eigenvalue weighted by Crippen LogP contribution is 2.27. The maximum atomic E-state index is 11.6. The number of hydrogen-bond donors (Lipinski definition) is 0. The van der Waals surface area contributed by atoms with Crippen molar-refractivity contribution < 1.29 is 13.9 Å². The van der Waals surface area contributed by atoms with Crippen molar-refractivity contribution in [2.45, 2.75) is 45.2 Å². The molecule has 0 aliphatic heterocycles. The predicted octanol–water partition coefficient (Wildman–Crippen LogP) is 3.08. The second kappa shape index (κ2) is 6.24. The van der Waals surface area contributed by atoms with Crippen LogP contribution in [0, 0.1) is 5.92 Å². The summed E-state index contributed by atoms with van der Waals surface area (Å²) < 4.78 is 9.95. The van der Waals surface area contributed by atoms with Gasteiger partial charge >= 0.3 is 5.97 Å². The van der Waals surface area contributed by atoms with Gasteiger partial charge in [-0.05, 0) is 44.7 Å². The average Bonchev–Trinajstić information content (AvgIpc) is 2.86. The van der Waals surface area contributed by atoms with Crippen LogP contribution < -0.4 is 0 Å². The summed E-state index contributed by atoms with van der Waals surface area (Å²) in [5.41, 5.74) is 0.910. The number of esters is 1. The van der Waals surface area contributed by atoms with E-state index >= 15 is 0 Å². The number of carbonyl (C=O) groups is 1. The third kappa shape index (κ3) is 3.38. The number of carbonyl (C=O) groups excluding carboxylic acids is 1. The van der Waals surface area contributed by atoms with Crippen molar-refractivity contribution in [2.24, 2.45) is 5.92 Å². The summed E-state index contributed by atoms with van der Waals surface area (Å²) in [7, 11) is 3.50. The summed E-state index contributed by atoms with van der Waals surface area (Å²) >= 11 is 0. The Morgan fingerprint density at radius 1 is 1.42 bits per heavy atom. The van der Waals surface area contributed by atoms with Crippen LogP contribution in [0.25, 0.3) is 0 Å². The van der Waals surface area contributed by atoms with Gasteiger partial charge in [-0.15, -0.1) is 0 Å². The molecule has 0 saturated heterocycles. The molecule has 0 spiro atoms. The minimum atomic E-state index is -0.398. The highest BCUT2D eigenvalue weighted by molar-refractivity contribution is 5.87. The van der Waals surface area contributed by atoms with E-state index in [1.165, 1.54) is 32.8 Å². The molecule has 2 rings (SSSR count). The number of hydrogen-bond acceptors (Lipinski definition) is 4. The highest BCUT2D eigenvalue weighted by atomic mass is 16.5. The molecule has 1 aromatic rings. The van der Waals surface area contributed by atoms with Crippen molar-refractivity contribution in [3.63, 3.8) is 0 Å². The Labute approximate surface area is 114 Å². The lowest BCUT2D eigenvalue weighted by molar-refractivity contribution is 0.0560. The van der Waals surface area contributed by atoms with Gasteiger partial charge in [0.1, 0.15) is 0 Å². The van der Waals surface area contributed by atoms with E-state index in [1.54, 1.807) is 6.26 Å². The summed E-state index contributed by atoms with van der Waals surface area (Å²) in [4.78, 5) is 13.9. The Kier molecular flexibility index (Phi) is 4.64. The van der Waals surface area contributed by atoms with Gasteiger partial charge in [0.25, 0.3) is 0 Å². The Hall–Kier alpha value is -1.29. The minimum absolute atomic E-state index is 0.332. The lowest BCUT2D eigenvalue weighted by atomic mass is 9.86. The number of methoxy groups -OCH3 is 1. The Morgan fingerprint density at radius 3 is 2.74 bits per heavy atom. The fraction of sp³-hybridized carbons (Fsp3) is 0.667. The molecule has 0 amide bonds. The molecule has 0 N–H and O–H groups in total. The Bertz CT molecular complexity index is 419. The first kappa shape index (κ1) is 14.1. The van der Waals surface area contributed by atoms with Crippen LogP contribution in [0.3, 0.4) is 0 Å². The van der Waals surface area contributed by atoms with E-state index in [9.17, 15) is 4.79 Å². The van der Waals surface area contributed by atoms with Crippen molar-refractivity contribution in [3.05, 3.63) is 23.7 Å². The molecule has 1 aromatic heterocycles. The van der Waals surface area contributed by atoms with Crippen LogP contribution in [0.4, 0.5) is 0 Å². The third-order valence-electron chi connectivity index (χ3n) is 4.15. The van der Waals surface area contributed by atoms with Crippen LogP contribution in [0.2, 0.25) is 0 Å². The molecule has 4 heteroatoms. The van der Waals surface area contributed by atoms with Crippen LogP contribution in [-0.2, 0) is 11.3 Å². The summed E-state index contributed by atoms with van der Waals surface area (Å²) in [5, 5.41) is 0. The standard InChI is InChI=1S/C15H23NO3/c1-11-4-6-13(7-5-11)16(2)10-12-8-9-19-14(12)15(17)18-3/h8-9,11,13H,4-7,10H2,1-3H3. The lowest BCUT2D eigenvalue weighted by Crippen LogP contribution is -2.34. The van der Waals surface area contributed by atoms with E-state index in [4.69, 9.17) is 9.15 Å². The van der Waals surface area contributed by atoms with Crippen LogP contribution in [0.1, 0.15) is 48.7 Å². The SMILES string of the molecule is COC(=O)c1occc1CN(C)C1CCC(C)CC1. The van der Waals surface area contributed by atoms with Gasteiger partial charge in [-0.3, -0.25) is 4.90 Å². The van der Waals surface area contributed by atoms with E-state index in [1.807, 2.05) is 6.07 Å². The van der Waals surface area contributed by atoms with E-state index in [0.717, 1.165) is 18.0 Å². The van der Waals surface area contributed by atoms with Crippen molar-refractivity contribution in [2.75, 3.05) is 14.2 Å². The summed E-state index contributed by atoms with van der Waals surface area (Å²) in [6.07, 6.45) is 6.62. The monoisotopic (exact) mass is 265 g/mol. The quantitative estimate of drug-likeness (QED) is 0.785. The molecule has 0 unspecified atom stereocenters. The topological polar surface area (TPSA) is 42.7 Å². The largest absolute Gasteiger partial charge is 0.463 e. The molecule has 0 bridgehead atoms. The summed E-state index contributed by atoms with van der Waals surface area (Å²) in [6, 6.07) is 2.46. The van der Waals surface area contributed by atoms with Gasteiger partial charge in [0, 0.05) is 18.2 Å². The first-order valence-corrected chi connectivity index (χ1v) is 6.96. The average molecular weight is 265 g/mol. The molecule has 0 aromatic carbocycles. The van der Waals surface area contributed by atoms with E-state index in [2.05, 4.69) is 18.9 Å². The van der Waals surface area contributed by atoms with Crippen molar-refractivity contribution in [1.29, 1.82) is 0 Å². The Balaban J connectivity index is 1.97. The summed E-state index contributed by atoms with van der Waals surface area (Å²) in [5.74, 6) is 0.786. The predicted molar refractivity (Wildman–Crippen MR) is 72.9 cm³/mol. The van der Waals surface area contributed by atoms with Gasteiger partial charge in [-0.2, -0.15) is 0 Å². The zero-order chi connectivity index (χ0) is 13.8. The van der Waals surface area contributed by atoms with Crippen LogP contribution in [0.5, 0.6) is 0 Å². The van der Waals surface area contributed by atoms with E-state index in [-0.39, 0.29) is 0 Å². The van der Waals surface area contributed by atoms with Crippen LogP contribution in [0.15, 0.2) is 16.7 Å². The van der Waals surface area contributed by atoms with Gasteiger partial charge in [0.15, 0.2) is 0 Å². The van der Waals surface area contributed by atoms with Gasteiger partial charge < -0.3 is 9.15 Å². The zero-order valence-corrected chi connectivity index (χ0v) is 12.0. The number of ether oxygens (including phenoxy) is 1. The fourth-order valence-electron chi connectivity index (χ4n) is 2.81. The van der Waals surface area contributed by atoms with Gasteiger partial charge in [-0.1, -0.05) is 6.92 Å². The fourth-order valence-corrected chi connectivity index (χ4v) is 2.81. The number of furan rings is 1. The van der Waals surface area contributed by atoms with Crippen LogP contribution in [-0.4, -0.2) is 31.1 Å². The normalized spacial score (nSPS) is 23.6. The third-order valence-corrected chi connectivity index (χ3v) is 4.15. The van der Waals surface area contributed by atoms with Gasteiger partial charge in [-0.25, -0.2) is 4.79 Å². The molecule has 4 nitrogen and oxygen atoms in total. The molecule has 0 atom stereocenters. The second-order valence-electron chi connectivity index (χ2n) is 5.60. The highest BCUT2D eigenvalue weighted by Gasteiger charge is 2.24. The number of nitrogens with zero attached hydrogens (tertiary/aromatic N) is 1. The van der Waals surface area contributed by atoms with Crippen LogP contribution >= 0.6 is 0 Å². The van der Waals surface area contributed by atoms with Crippen molar-refractivity contribution in [3.8, 4) is 0 Å². The second-order valence-corrected chi connectivity index (χ2v) is 5.60. The maximum absolute atomic E-state index is 11.6. The molecule has 0 radical (unpaired) electrons. The molecule has 1 aliphatic rings. The molecule has 1 saturated carbocycles. The first-order chi connectivity index (χ1) is 9.11. The first-order valence-electron chi connectivity index (χ1n) is 6.96. The van der Waals surface area contributed by atoms with Crippen molar-refractivity contribution in [1.82, 2.24) is 4.90 Å². The van der Waals surface area contributed by atoms with Gasteiger partial charge in [0.05, 0.1) is 13.4 Å². The summed E-state index contributed by atoms with van der Waals surface area (Å²) in [6.45, 7) is 3.06. The molecule has 106 valence electrons. The van der Waals surface area contributed by atoms with Gasteiger partial charge in [0.2, 0.25) is 5.76 Å². The maximum Gasteiger partial charge on any atom is 0.374 e. The lowest BCUT2D eigenvalue weighted by Gasteiger charge is -2.33. The van der Waals surface area contributed by atoms with E-state index < -0.39 is 5.97 Å². The Morgan fingerprint density at radius 2 is 2.11 bits per heavy atom. The minimum Gasteiger partial charge on any atom is -0.463 e. The molecule has 1 heterocycles. The molecule has 19 heavy (non-hydrogen) atoms. The molecular weight excluding hydrogens is 242 g/mol. The zero-order valence-electron chi connectivity index (χ0n) is 12.0. The van der Waals surface area contributed by atoms with Crippen molar-refractivity contribution >= 4 is 5.97 Å². The number of rotatable bonds is 4.